The second kappa shape index (κ2) is 6.46. The van der Waals surface area contributed by atoms with E-state index in [1.165, 1.54) is 9.87 Å². The Balaban J connectivity index is 1.79. The third-order valence-electron chi connectivity index (χ3n) is 5.35. The molecule has 0 saturated heterocycles. The van der Waals surface area contributed by atoms with Crippen LogP contribution in [-0.2, 0) is 33.6 Å². The number of rotatable bonds is 5. The van der Waals surface area contributed by atoms with E-state index in [-0.39, 0.29) is 0 Å². The molecule has 0 aliphatic heterocycles. The first-order valence-electron chi connectivity index (χ1n) is 8.72. The van der Waals surface area contributed by atoms with E-state index >= 15 is 0 Å². The molecule has 1 N–H and O–H groups in total. The lowest BCUT2D eigenvalue weighted by molar-refractivity contribution is -0.141. The van der Waals surface area contributed by atoms with Gasteiger partial charge in [-0.1, -0.05) is 0 Å². The summed E-state index contributed by atoms with van der Waals surface area (Å²) in [7, 11) is 0. The Kier molecular flexibility index (Phi) is 4.29. The van der Waals surface area contributed by atoms with E-state index in [9.17, 15) is 13.6 Å². The van der Waals surface area contributed by atoms with Crippen molar-refractivity contribution in [2.45, 2.75) is 57.1 Å². The maximum absolute atomic E-state index is 12.1. The smallest absolute Gasteiger partial charge is 0.295 e. The van der Waals surface area contributed by atoms with Crippen molar-refractivity contribution in [3.63, 3.8) is 0 Å². The number of furan rings is 1. The normalized spacial score (nSPS) is 20.2. The summed E-state index contributed by atoms with van der Waals surface area (Å²) in [6.45, 7) is 0.370. The van der Waals surface area contributed by atoms with Crippen LogP contribution in [0.3, 0.4) is 0 Å². The van der Waals surface area contributed by atoms with E-state index in [2.05, 4.69) is 0 Å². The van der Waals surface area contributed by atoms with Gasteiger partial charge in [-0.05, 0) is 44.2 Å². The molecule has 0 bridgehead atoms. The summed E-state index contributed by atoms with van der Waals surface area (Å²) >= 11 is -2.31. The Morgan fingerprint density at radius 2 is 1.96 bits per heavy atom. The summed E-state index contributed by atoms with van der Waals surface area (Å²) in [6, 6.07) is 5.55. The molecule has 1 saturated carbocycles. The van der Waals surface area contributed by atoms with Crippen molar-refractivity contribution in [2.75, 3.05) is 4.31 Å². The van der Waals surface area contributed by atoms with Crippen molar-refractivity contribution in [3.05, 3.63) is 29.5 Å². The molecule has 134 valence electrons. The molecule has 25 heavy (non-hydrogen) atoms. The maximum atomic E-state index is 12.1. The van der Waals surface area contributed by atoms with E-state index in [4.69, 9.17) is 9.15 Å². The summed E-state index contributed by atoms with van der Waals surface area (Å²) < 4.78 is 34.7. The first kappa shape index (κ1) is 16.6. The van der Waals surface area contributed by atoms with Crippen molar-refractivity contribution >= 4 is 34.4 Å². The van der Waals surface area contributed by atoms with Gasteiger partial charge >= 0.3 is 0 Å². The first-order chi connectivity index (χ1) is 12.1. The second-order valence-electron chi connectivity index (χ2n) is 6.78. The number of fused-ring (bicyclic) bond motifs is 3. The zero-order valence-electron chi connectivity index (χ0n) is 13.9. The fourth-order valence-electron chi connectivity index (χ4n) is 4.23. The molecule has 0 radical (unpaired) electrons. The molecule has 1 atom stereocenters. The lowest BCUT2D eigenvalue weighted by Gasteiger charge is -2.37. The lowest BCUT2D eigenvalue weighted by Crippen LogP contribution is -2.49. The van der Waals surface area contributed by atoms with Gasteiger partial charge in [0.25, 0.3) is 17.7 Å². The minimum absolute atomic E-state index is 0.370. The third-order valence-corrected chi connectivity index (χ3v) is 6.21. The summed E-state index contributed by atoms with van der Waals surface area (Å²) in [5.41, 5.74) is 1.44. The number of ether oxygens (including phenoxy) is 1. The van der Waals surface area contributed by atoms with Crippen LogP contribution in [-0.4, -0.2) is 21.0 Å². The Morgan fingerprint density at radius 3 is 2.68 bits per heavy atom. The van der Waals surface area contributed by atoms with Gasteiger partial charge in [0.15, 0.2) is 5.72 Å². The SMILES string of the molecule is O=COC1(N(c2ccc3c4c(oc3c2)CCCC4)S(=O)O)CCCC1. The fourth-order valence-corrected chi connectivity index (χ4v) is 5.04. The summed E-state index contributed by atoms with van der Waals surface area (Å²) in [5, 5.41) is 1.07. The zero-order chi connectivity index (χ0) is 17.4. The average molecular weight is 363 g/mol. The van der Waals surface area contributed by atoms with Crippen LogP contribution >= 0.6 is 0 Å². The van der Waals surface area contributed by atoms with Crippen molar-refractivity contribution in [1.82, 2.24) is 0 Å². The minimum Gasteiger partial charge on any atom is -0.461 e. The molecule has 7 heteroatoms. The molecular formula is C18H21NO5S. The number of anilines is 1. The van der Waals surface area contributed by atoms with Crippen molar-refractivity contribution in [2.24, 2.45) is 0 Å². The molecule has 2 aliphatic carbocycles. The van der Waals surface area contributed by atoms with Gasteiger partial charge in [-0.3, -0.25) is 9.35 Å². The van der Waals surface area contributed by atoms with Crippen LogP contribution in [0.5, 0.6) is 0 Å². The molecule has 1 fully saturated rings. The van der Waals surface area contributed by atoms with Gasteiger partial charge < -0.3 is 9.15 Å². The predicted molar refractivity (Wildman–Crippen MR) is 94.5 cm³/mol. The highest BCUT2D eigenvalue weighted by Gasteiger charge is 2.45. The van der Waals surface area contributed by atoms with Crippen LogP contribution in [0.4, 0.5) is 5.69 Å². The molecule has 2 aromatic rings. The molecular weight excluding hydrogens is 342 g/mol. The Hall–Kier alpha value is -1.86. The van der Waals surface area contributed by atoms with E-state index in [0.29, 0.717) is 25.0 Å². The summed E-state index contributed by atoms with van der Waals surface area (Å²) in [4.78, 5) is 11.0. The minimum atomic E-state index is -2.31. The van der Waals surface area contributed by atoms with Crippen LogP contribution in [0.1, 0.15) is 49.8 Å². The Labute approximate surface area is 148 Å². The monoisotopic (exact) mass is 363 g/mol. The Morgan fingerprint density at radius 1 is 1.20 bits per heavy atom. The number of carbonyl (C=O) groups is 1. The van der Waals surface area contributed by atoms with Crippen LogP contribution in [0.2, 0.25) is 0 Å². The van der Waals surface area contributed by atoms with E-state index in [0.717, 1.165) is 55.3 Å². The van der Waals surface area contributed by atoms with Gasteiger partial charge in [0.05, 0.1) is 5.69 Å². The van der Waals surface area contributed by atoms with Gasteiger partial charge in [-0.15, -0.1) is 0 Å². The first-order valence-corrected chi connectivity index (χ1v) is 9.78. The highest BCUT2D eigenvalue weighted by molar-refractivity contribution is 7.80. The topological polar surface area (TPSA) is 80.0 Å². The molecule has 1 unspecified atom stereocenters. The molecule has 4 rings (SSSR count). The third kappa shape index (κ3) is 2.75. The molecule has 1 aromatic heterocycles. The van der Waals surface area contributed by atoms with E-state index < -0.39 is 17.0 Å². The fraction of sp³-hybridized carbons (Fsp3) is 0.500. The molecule has 1 heterocycles. The molecule has 6 nitrogen and oxygen atoms in total. The lowest BCUT2D eigenvalue weighted by atomic mass is 9.96. The van der Waals surface area contributed by atoms with E-state index in [1.807, 2.05) is 12.1 Å². The molecule has 1 aromatic carbocycles. The van der Waals surface area contributed by atoms with Gasteiger partial charge in [0.1, 0.15) is 11.3 Å². The highest BCUT2D eigenvalue weighted by atomic mass is 32.2. The summed E-state index contributed by atoms with van der Waals surface area (Å²) in [5.74, 6) is 1.02. The standard InChI is InChI=1S/C18H21NO5S/c20-12-23-18(9-3-4-10-18)19(25(21)22)13-7-8-15-14-5-1-2-6-16(14)24-17(15)11-13/h7-8,11-12H,1-6,9-10H2,(H,21,22). The molecule has 2 aliphatic rings. The average Bonchev–Trinajstić information content (AvgIpc) is 3.19. The number of hydrogen-bond donors (Lipinski definition) is 1. The number of hydrogen-bond acceptors (Lipinski definition) is 4. The van der Waals surface area contributed by atoms with Gasteiger partial charge in [0.2, 0.25) is 0 Å². The van der Waals surface area contributed by atoms with Crippen LogP contribution < -0.4 is 4.31 Å². The van der Waals surface area contributed by atoms with Crippen LogP contribution in [0, 0.1) is 0 Å². The van der Waals surface area contributed by atoms with Crippen molar-refractivity contribution < 1.29 is 22.7 Å². The molecule has 0 spiro atoms. The van der Waals surface area contributed by atoms with Gasteiger partial charge in [0, 0.05) is 36.3 Å². The predicted octanol–water partition coefficient (Wildman–Crippen LogP) is 3.70. The van der Waals surface area contributed by atoms with Crippen LogP contribution in [0.15, 0.2) is 22.6 Å². The van der Waals surface area contributed by atoms with Gasteiger partial charge in [-0.25, -0.2) is 8.51 Å². The number of carbonyl (C=O) groups excluding carboxylic acids is 1. The maximum Gasteiger partial charge on any atom is 0.295 e. The van der Waals surface area contributed by atoms with Gasteiger partial charge in [-0.2, -0.15) is 0 Å². The van der Waals surface area contributed by atoms with Crippen LogP contribution in [0.25, 0.3) is 11.0 Å². The quantitative estimate of drug-likeness (QED) is 0.498. The van der Waals surface area contributed by atoms with Crippen molar-refractivity contribution in [1.29, 1.82) is 0 Å². The zero-order valence-corrected chi connectivity index (χ0v) is 14.7. The van der Waals surface area contributed by atoms with E-state index in [1.54, 1.807) is 6.07 Å². The number of nitrogens with zero attached hydrogens (tertiary/aromatic N) is 1. The van der Waals surface area contributed by atoms with Crippen molar-refractivity contribution in [3.8, 4) is 0 Å². The molecule has 0 amide bonds. The number of aryl methyl sites for hydroxylation is 2. The number of benzene rings is 1. The highest BCUT2D eigenvalue weighted by Crippen LogP contribution is 2.41. The Bertz CT molecular complexity index is 824. The largest absolute Gasteiger partial charge is 0.461 e. The second-order valence-corrected chi connectivity index (χ2v) is 7.61. The summed E-state index contributed by atoms with van der Waals surface area (Å²) in [6.07, 6.45) is 6.99.